The zero-order chi connectivity index (χ0) is 8.55. The van der Waals surface area contributed by atoms with Crippen molar-refractivity contribution in [1.29, 1.82) is 0 Å². The van der Waals surface area contributed by atoms with Crippen molar-refractivity contribution in [2.75, 3.05) is 13.1 Å². The molecule has 0 aromatic heterocycles. The molecule has 0 fully saturated rings. The summed E-state index contributed by atoms with van der Waals surface area (Å²) in [5.74, 6) is 0.301. The van der Waals surface area contributed by atoms with Crippen LogP contribution in [0.25, 0.3) is 0 Å². The maximum atomic E-state index is 10.9. The van der Waals surface area contributed by atoms with E-state index in [0.717, 1.165) is 13.1 Å². The van der Waals surface area contributed by atoms with Gasteiger partial charge >= 0.3 is 0 Å². The van der Waals surface area contributed by atoms with Gasteiger partial charge in [0.15, 0.2) is 0 Å². The van der Waals surface area contributed by atoms with E-state index in [2.05, 4.69) is 4.99 Å². The maximum absolute atomic E-state index is 10.9. The highest BCUT2D eigenvalue weighted by molar-refractivity contribution is 6.21. The monoisotopic (exact) mass is 163 g/mol. The Balaban J connectivity index is 2.38. The Kier molecular flexibility index (Phi) is 1.46. The number of amides is 1. The lowest BCUT2D eigenvalue weighted by atomic mass is 10.1. The minimum absolute atomic E-state index is 0.412. The molecule has 0 aliphatic carbocycles. The van der Waals surface area contributed by atoms with Gasteiger partial charge in [-0.25, -0.2) is 0 Å². The number of amidine groups is 1. The quantitative estimate of drug-likeness (QED) is 0.573. The highest BCUT2D eigenvalue weighted by atomic mass is 16.1. The number of carbonyl (C=O) groups is 1. The molecule has 0 saturated heterocycles. The average Bonchev–Trinajstić information content (AvgIpc) is 2.49. The van der Waals surface area contributed by atoms with E-state index in [4.69, 9.17) is 5.73 Å². The second kappa shape index (κ2) is 2.48. The number of nitrogens with zero attached hydrogens (tertiary/aromatic N) is 2. The first kappa shape index (κ1) is 7.09. The highest BCUT2D eigenvalue weighted by Crippen LogP contribution is 2.14. The van der Waals surface area contributed by atoms with E-state index in [9.17, 15) is 4.79 Å². The summed E-state index contributed by atoms with van der Waals surface area (Å²) in [5.41, 5.74) is 5.68. The third-order valence-electron chi connectivity index (χ3n) is 1.91. The van der Waals surface area contributed by atoms with Gasteiger partial charge < -0.3 is 10.6 Å². The van der Waals surface area contributed by atoms with E-state index >= 15 is 0 Å². The number of carbonyl (C=O) groups excluding carboxylic acids is 1. The van der Waals surface area contributed by atoms with Crippen molar-refractivity contribution in [3.63, 3.8) is 0 Å². The van der Waals surface area contributed by atoms with Crippen LogP contribution in [0.15, 0.2) is 28.9 Å². The molecular weight excluding hydrogens is 154 g/mol. The summed E-state index contributed by atoms with van der Waals surface area (Å²) < 4.78 is 0. The zero-order valence-corrected chi connectivity index (χ0v) is 6.53. The molecule has 2 aliphatic rings. The Bertz CT molecular complexity index is 314. The summed E-state index contributed by atoms with van der Waals surface area (Å²) in [7, 11) is 0. The first-order chi connectivity index (χ1) is 5.79. The van der Waals surface area contributed by atoms with E-state index in [-0.39, 0.29) is 0 Å². The zero-order valence-electron chi connectivity index (χ0n) is 6.53. The molecule has 0 aromatic carbocycles. The lowest BCUT2D eigenvalue weighted by Gasteiger charge is -2.18. The van der Waals surface area contributed by atoms with Crippen LogP contribution < -0.4 is 5.73 Å². The highest BCUT2D eigenvalue weighted by Gasteiger charge is 2.23. The molecule has 2 rings (SSSR count). The molecule has 2 heterocycles. The third kappa shape index (κ3) is 0.922. The van der Waals surface area contributed by atoms with Crippen molar-refractivity contribution >= 4 is 11.7 Å². The van der Waals surface area contributed by atoms with Crippen LogP contribution in [0.2, 0.25) is 0 Å². The lowest BCUT2D eigenvalue weighted by molar-refractivity contribution is -0.114. The Morgan fingerprint density at radius 3 is 3.25 bits per heavy atom. The molecule has 0 atom stereocenters. The van der Waals surface area contributed by atoms with Gasteiger partial charge in [-0.3, -0.25) is 9.79 Å². The minimum atomic E-state index is -0.412. The average molecular weight is 163 g/mol. The molecule has 2 N–H and O–H groups in total. The minimum Gasteiger partial charge on any atom is -0.365 e. The van der Waals surface area contributed by atoms with Crippen molar-refractivity contribution in [3.05, 3.63) is 23.9 Å². The van der Waals surface area contributed by atoms with E-state index in [1.54, 1.807) is 6.08 Å². The SMILES string of the molecule is NC(=O)C1=CC=CN2CCN=C12. The van der Waals surface area contributed by atoms with Crippen LogP contribution in [-0.2, 0) is 4.79 Å². The number of fused-ring (bicyclic) bond motifs is 1. The second-order valence-electron chi connectivity index (χ2n) is 2.68. The van der Waals surface area contributed by atoms with E-state index < -0.39 is 5.91 Å². The molecule has 62 valence electrons. The van der Waals surface area contributed by atoms with Crippen LogP contribution in [0.3, 0.4) is 0 Å². The van der Waals surface area contributed by atoms with Crippen molar-refractivity contribution < 1.29 is 4.79 Å². The lowest BCUT2D eigenvalue weighted by Crippen LogP contribution is -2.31. The number of hydrogen-bond donors (Lipinski definition) is 1. The molecular formula is C8H9N3O. The summed E-state index contributed by atoms with van der Waals surface area (Å²) in [6.45, 7) is 1.58. The molecule has 1 amide bonds. The molecule has 4 nitrogen and oxygen atoms in total. The number of primary amides is 1. The van der Waals surface area contributed by atoms with E-state index in [1.165, 1.54) is 0 Å². The molecule has 12 heavy (non-hydrogen) atoms. The van der Waals surface area contributed by atoms with Crippen LogP contribution in [0.5, 0.6) is 0 Å². The van der Waals surface area contributed by atoms with Crippen LogP contribution in [0.4, 0.5) is 0 Å². The Morgan fingerprint density at radius 2 is 2.50 bits per heavy atom. The molecule has 0 bridgehead atoms. The fourth-order valence-electron chi connectivity index (χ4n) is 1.36. The van der Waals surface area contributed by atoms with Crippen molar-refractivity contribution in [1.82, 2.24) is 4.90 Å². The van der Waals surface area contributed by atoms with Crippen LogP contribution in [-0.4, -0.2) is 29.7 Å². The van der Waals surface area contributed by atoms with E-state index in [1.807, 2.05) is 17.2 Å². The molecule has 0 saturated carbocycles. The standard InChI is InChI=1S/C8H9N3O/c9-7(12)6-2-1-4-11-5-3-10-8(6)11/h1-2,4H,3,5H2,(H2,9,12). The van der Waals surface area contributed by atoms with Crippen molar-refractivity contribution in [2.45, 2.75) is 0 Å². The normalized spacial score (nSPS) is 20.2. The second-order valence-corrected chi connectivity index (χ2v) is 2.68. The smallest absolute Gasteiger partial charge is 0.252 e. The fraction of sp³-hybridized carbons (Fsp3) is 0.250. The first-order valence-corrected chi connectivity index (χ1v) is 3.79. The van der Waals surface area contributed by atoms with Crippen LogP contribution in [0, 0.1) is 0 Å². The largest absolute Gasteiger partial charge is 0.365 e. The van der Waals surface area contributed by atoms with Crippen LogP contribution >= 0.6 is 0 Å². The Morgan fingerprint density at radius 1 is 1.67 bits per heavy atom. The van der Waals surface area contributed by atoms with Gasteiger partial charge in [-0.15, -0.1) is 0 Å². The summed E-state index contributed by atoms with van der Waals surface area (Å²) in [6, 6.07) is 0. The predicted octanol–water partition coefficient (Wildman–Crippen LogP) is -0.361. The number of hydrogen-bond acceptors (Lipinski definition) is 3. The Labute approximate surface area is 70.1 Å². The molecule has 2 aliphatic heterocycles. The molecule has 0 spiro atoms. The Hall–Kier alpha value is -1.58. The van der Waals surface area contributed by atoms with Crippen molar-refractivity contribution in [2.24, 2.45) is 10.7 Å². The summed E-state index contributed by atoms with van der Waals surface area (Å²) in [6.07, 6.45) is 5.41. The molecule has 0 unspecified atom stereocenters. The van der Waals surface area contributed by atoms with Gasteiger partial charge in [-0.05, 0) is 12.2 Å². The number of allylic oxidation sites excluding steroid dienone is 2. The first-order valence-electron chi connectivity index (χ1n) is 3.79. The van der Waals surface area contributed by atoms with Gasteiger partial charge in [-0.2, -0.15) is 0 Å². The van der Waals surface area contributed by atoms with Gasteiger partial charge in [0.05, 0.1) is 12.1 Å². The molecule has 0 radical (unpaired) electrons. The molecule has 0 aromatic rings. The van der Waals surface area contributed by atoms with Gasteiger partial charge in [0, 0.05) is 12.7 Å². The molecule has 4 heteroatoms. The van der Waals surface area contributed by atoms with Crippen molar-refractivity contribution in [3.8, 4) is 0 Å². The topological polar surface area (TPSA) is 58.7 Å². The van der Waals surface area contributed by atoms with Gasteiger partial charge in [0.2, 0.25) is 0 Å². The maximum Gasteiger partial charge on any atom is 0.252 e. The van der Waals surface area contributed by atoms with Crippen LogP contribution in [0.1, 0.15) is 0 Å². The van der Waals surface area contributed by atoms with Gasteiger partial charge in [0.1, 0.15) is 5.84 Å². The number of rotatable bonds is 1. The summed E-state index contributed by atoms with van der Waals surface area (Å²) in [4.78, 5) is 17.0. The van der Waals surface area contributed by atoms with E-state index in [0.29, 0.717) is 11.4 Å². The summed E-state index contributed by atoms with van der Waals surface area (Å²) in [5, 5.41) is 0. The summed E-state index contributed by atoms with van der Waals surface area (Å²) >= 11 is 0. The third-order valence-corrected chi connectivity index (χ3v) is 1.91. The van der Waals surface area contributed by atoms with Gasteiger partial charge in [0.25, 0.3) is 5.91 Å². The number of nitrogens with two attached hydrogens (primary N) is 1. The number of aliphatic imine (C=N–C) groups is 1. The fourth-order valence-corrected chi connectivity index (χ4v) is 1.36. The predicted molar refractivity (Wildman–Crippen MR) is 45.4 cm³/mol. The van der Waals surface area contributed by atoms with Gasteiger partial charge in [-0.1, -0.05) is 0 Å².